The number of anilines is 1. The molecular weight excluding hydrogens is 526 g/mol. The van der Waals surface area contributed by atoms with Crippen LogP contribution in [0.15, 0.2) is 64.2 Å². The number of pyridine rings is 1. The smallest absolute Gasteiger partial charge is 0.290 e. The molecule has 2 amide bonds. The molecular formula is C29H25N7O3S. The van der Waals surface area contributed by atoms with Crippen LogP contribution in [0.1, 0.15) is 29.7 Å². The lowest BCUT2D eigenvalue weighted by Crippen LogP contribution is -2.38. The van der Waals surface area contributed by atoms with Crippen LogP contribution in [0, 0.1) is 17.2 Å². The second-order valence-corrected chi connectivity index (χ2v) is 10.7. The Labute approximate surface area is 234 Å². The number of rotatable bonds is 7. The van der Waals surface area contributed by atoms with Gasteiger partial charge in [0.25, 0.3) is 11.1 Å². The van der Waals surface area contributed by atoms with Crippen LogP contribution >= 0.6 is 11.8 Å². The molecule has 200 valence electrons. The number of nitriles is 1. The molecule has 10 nitrogen and oxygen atoms in total. The number of hydrogen-bond acceptors (Lipinski definition) is 10. The summed E-state index contributed by atoms with van der Waals surface area (Å²) in [7, 11) is 0. The highest BCUT2D eigenvalue weighted by atomic mass is 32.2. The van der Waals surface area contributed by atoms with Crippen molar-refractivity contribution in [2.45, 2.75) is 19.4 Å². The highest BCUT2D eigenvalue weighted by Crippen LogP contribution is 2.29. The third-order valence-electron chi connectivity index (χ3n) is 6.97. The SMILES string of the molecule is N#Cc1cc(CNCC2CCN(c3nccc(/C=C4\SC(=O)NC4=O)n3)CC2)cnc1-c1cc2ccccc2o1. The maximum absolute atomic E-state index is 11.8. The summed E-state index contributed by atoms with van der Waals surface area (Å²) in [5.41, 5.74) is 3.35. The van der Waals surface area contributed by atoms with Gasteiger partial charge in [0, 0.05) is 37.4 Å². The maximum atomic E-state index is 11.8. The van der Waals surface area contributed by atoms with Gasteiger partial charge in [-0.1, -0.05) is 18.2 Å². The summed E-state index contributed by atoms with van der Waals surface area (Å²) in [6.45, 7) is 3.13. The first-order valence-electron chi connectivity index (χ1n) is 13.0. The van der Waals surface area contributed by atoms with Gasteiger partial charge in [0.1, 0.15) is 17.3 Å². The normalized spacial score (nSPS) is 17.0. The van der Waals surface area contributed by atoms with E-state index in [4.69, 9.17) is 4.42 Å². The number of furan rings is 1. The average molecular weight is 552 g/mol. The van der Waals surface area contributed by atoms with Gasteiger partial charge in [-0.25, -0.2) is 9.97 Å². The standard InChI is InChI=1S/C29H25N7O3S/c30-14-21-11-19(17-33-26(21)24-12-20-3-1-2-4-23(20)39-24)16-31-15-18-6-9-36(10-7-18)28-32-8-5-22(34-28)13-25-27(37)35-29(38)40-25/h1-5,8,11-13,17-18,31H,6-7,9-10,15-16H2,(H,35,37,38)/b25-13-. The van der Waals surface area contributed by atoms with Crippen molar-refractivity contribution in [3.63, 3.8) is 0 Å². The van der Waals surface area contributed by atoms with Gasteiger partial charge < -0.3 is 14.6 Å². The highest BCUT2D eigenvalue weighted by Gasteiger charge is 2.26. The monoisotopic (exact) mass is 551 g/mol. The molecule has 0 unspecified atom stereocenters. The molecule has 2 fully saturated rings. The third-order valence-corrected chi connectivity index (χ3v) is 7.78. The number of aromatic nitrogens is 3. The summed E-state index contributed by atoms with van der Waals surface area (Å²) in [4.78, 5) is 39.2. The van der Waals surface area contributed by atoms with Crippen LogP contribution in [0.3, 0.4) is 0 Å². The van der Waals surface area contributed by atoms with Crippen LogP contribution in [0.2, 0.25) is 0 Å². The molecule has 40 heavy (non-hydrogen) atoms. The Morgan fingerprint density at radius 1 is 1.18 bits per heavy atom. The molecule has 0 saturated carbocycles. The van der Waals surface area contributed by atoms with Crippen LogP contribution in [0.4, 0.5) is 10.7 Å². The molecule has 0 radical (unpaired) electrons. The number of imide groups is 1. The van der Waals surface area contributed by atoms with Crippen LogP contribution in [0.5, 0.6) is 0 Å². The largest absolute Gasteiger partial charge is 0.454 e. The van der Waals surface area contributed by atoms with Gasteiger partial charge in [-0.05, 0) is 73.0 Å². The number of amides is 2. The predicted octanol–water partition coefficient (Wildman–Crippen LogP) is 4.49. The molecule has 2 N–H and O–H groups in total. The maximum Gasteiger partial charge on any atom is 0.290 e. The minimum absolute atomic E-state index is 0.334. The average Bonchev–Trinajstić information content (AvgIpc) is 3.55. The van der Waals surface area contributed by atoms with Gasteiger partial charge in [-0.3, -0.25) is 19.9 Å². The van der Waals surface area contributed by atoms with Gasteiger partial charge in [-0.2, -0.15) is 5.26 Å². The molecule has 4 aromatic rings. The lowest BCUT2D eigenvalue weighted by Gasteiger charge is -2.32. The lowest BCUT2D eigenvalue weighted by molar-refractivity contribution is -0.115. The number of hydrogen-bond donors (Lipinski definition) is 2. The molecule has 3 aromatic heterocycles. The van der Waals surface area contributed by atoms with E-state index >= 15 is 0 Å². The predicted molar refractivity (Wildman–Crippen MR) is 152 cm³/mol. The van der Waals surface area contributed by atoms with Gasteiger partial charge in [0.15, 0.2) is 5.76 Å². The Balaban J connectivity index is 1.02. The number of nitrogens with zero attached hydrogens (tertiary/aromatic N) is 5. The Bertz CT molecular complexity index is 1630. The fourth-order valence-corrected chi connectivity index (χ4v) is 5.56. The number of fused-ring (bicyclic) bond motifs is 1. The Hall–Kier alpha value is -4.53. The van der Waals surface area contributed by atoms with Gasteiger partial charge in [-0.15, -0.1) is 0 Å². The van der Waals surface area contributed by atoms with E-state index in [-0.39, 0.29) is 5.24 Å². The minimum atomic E-state index is -0.398. The summed E-state index contributed by atoms with van der Waals surface area (Å²) in [5.74, 6) is 1.32. The van der Waals surface area contributed by atoms with E-state index in [2.05, 4.69) is 36.6 Å². The van der Waals surface area contributed by atoms with Gasteiger partial charge >= 0.3 is 0 Å². The number of nitrogens with one attached hydrogen (secondary N) is 2. The zero-order valence-corrected chi connectivity index (χ0v) is 22.3. The minimum Gasteiger partial charge on any atom is -0.454 e. The number of thioether (sulfide) groups is 1. The first kappa shape index (κ1) is 25.7. The van der Waals surface area contributed by atoms with E-state index < -0.39 is 5.91 Å². The van der Waals surface area contributed by atoms with Crippen molar-refractivity contribution in [2.24, 2.45) is 5.92 Å². The van der Waals surface area contributed by atoms with E-state index in [1.165, 1.54) is 0 Å². The molecule has 0 bridgehead atoms. The van der Waals surface area contributed by atoms with Crippen molar-refractivity contribution in [1.82, 2.24) is 25.6 Å². The molecule has 1 aromatic carbocycles. The molecule has 0 atom stereocenters. The molecule has 11 heteroatoms. The first-order chi connectivity index (χ1) is 19.6. The molecule has 0 spiro atoms. The van der Waals surface area contributed by atoms with Crippen molar-refractivity contribution in [3.05, 3.63) is 76.6 Å². The topological polar surface area (TPSA) is 137 Å². The Morgan fingerprint density at radius 2 is 2.02 bits per heavy atom. The summed E-state index contributed by atoms with van der Waals surface area (Å²) < 4.78 is 5.91. The second kappa shape index (κ2) is 11.3. The van der Waals surface area contributed by atoms with E-state index in [9.17, 15) is 14.9 Å². The van der Waals surface area contributed by atoms with Gasteiger partial charge in [0.05, 0.1) is 16.2 Å². The molecule has 2 saturated heterocycles. The summed E-state index contributed by atoms with van der Waals surface area (Å²) in [6.07, 6.45) is 7.05. The molecule has 5 heterocycles. The van der Waals surface area contributed by atoms with E-state index in [1.807, 2.05) is 36.4 Å². The van der Waals surface area contributed by atoms with Crippen LogP contribution in [-0.4, -0.2) is 45.7 Å². The number of benzene rings is 1. The Morgan fingerprint density at radius 3 is 2.80 bits per heavy atom. The number of carbonyl (C=O) groups is 2. The number of carbonyl (C=O) groups excluding carboxylic acids is 2. The van der Waals surface area contributed by atoms with Crippen LogP contribution in [0.25, 0.3) is 28.5 Å². The number of para-hydroxylation sites is 1. The fraction of sp³-hybridized carbons (Fsp3) is 0.241. The lowest BCUT2D eigenvalue weighted by atomic mass is 9.97. The van der Waals surface area contributed by atoms with E-state index in [1.54, 1.807) is 24.5 Å². The fourth-order valence-electron chi connectivity index (χ4n) is 4.89. The Kier molecular flexibility index (Phi) is 7.27. The summed E-state index contributed by atoms with van der Waals surface area (Å²) in [6, 6.07) is 15.5. The highest BCUT2D eigenvalue weighted by molar-refractivity contribution is 8.18. The summed E-state index contributed by atoms with van der Waals surface area (Å²) in [5, 5.41) is 16.1. The number of piperidine rings is 1. The summed E-state index contributed by atoms with van der Waals surface area (Å²) >= 11 is 0.875. The van der Waals surface area contributed by atoms with Gasteiger partial charge in [0.2, 0.25) is 5.95 Å². The van der Waals surface area contributed by atoms with Crippen molar-refractivity contribution in [2.75, 3.05) is 24.5 Å². The first-order valence-corrected chi connectivity index (χ1v) is 13.8. The van der Waals surface area contributed by atoms with Crippen molar-refractivity contribution in [3.8, 4) is 17.5 Å². The molecule has 0 aliphatic carbocycles. The van der Waals surface area contributed by atoms with Crippen molar-refractivity contribution >= 4 is 45.9 Å². The van der Waals surface area contributed by atoms with Crippen molar-refractivity contribution in [1.29, 1.82) is 5.26 Å². The van der Waals surface area contributed by atoms with Crippen molar-refractivity contribution < 1.29 is 14.0 Å². The molecule has 2 aliphatic rings. The van der Waals surface area contributed by atoms with Crippen LogP contribution < -0.4 is 15.5 Å². The van der Waals surface area contributed by atoms with E-state index in [0.29, 0.717) is 46.0 Å². The quantitative estimate of drug-likeness (QED) is 0.316. The molecule has 6 rings (SSSR count). The third kappa shape index (κ3) is 5.59. The zero-order valence-electron chi connectivity index (χ0n) is 21.5. The second-order valence-electron chi connectivity index (χ2n) is 9.70. The van der Waals surface area contributed by atoms with E-state index in [0.717, 1.165) is 60.8 Å². The molecule has 2 aliphatic heterocycles. The zero-order chi connectivity index (χ0) is 27.5. The van der Waals surface area contributed by atoms with Crippen LogP contribution in [-0.2, 0) is 11.3 Å².